The van der Waals surface area contributed by atoms with Crippen LogP contribution in [0.25, 0.3) is 0 Å². The van der Waals surface area contributed by atoms with Crippen molar-refractivity contribution in [2.75, 3.05) is 6.54 Å². The standard InChI is InChI=1S/C19H24N4O/c1-13-20-21-17-12-22(10-11-23(13)17)18(24)15-8-9-19(2,3)16-7-5-4-6-14(15)16/h4-7,15H,8-12H2,1-3H3/t15-/m1/s1. The SMILES string of the molecule is Cc1nnc2n1CCN(C(=O)[C@@H]1CCC(C)(C)c3ccccc31)C2. The summed E-state index contributed by atoms with van der Waals surface area (Å²) in [6, 6.07) is 8.46. The fourth-order valence-corrected chi connectivity index (χ4v) is 4.18. The molecule has 0 spiro atoms. The van der Waals surface area contributed by atoms with Crippen LogP contribution in [0, 0.1) is 6.92 Å². The Bertz CT molecular complexity index is 792. The van der Waals surface area contributed by atoms with Crippen molar-refractivity contribution in [3.05, 3.63) is 47.0 Å². The second kappa shape index (κ2) is 5.43. The molecule has 0 unspecified atom stereocenters. The predicted octanol–water partition coefficient (Wildman–Crippen LogP) is 2.78. The van der Waals surface area contributed by atoms with Gasteiger partial charge in [0.25, 0.3) is 0 Å². The second-order valence-electron chi connectivity index (χ2n) is 7.64. The number of aromatic nitrogens is 3. The van der Waals surface area contributed by atoms with Gasteiger partial charge in [0.15, 0.2) is 5.82 Å². The molecular formula is C19H24N4O. The summed E-state index contributed by atoms with van der Waals surface area (Å²) >= 11 is 0. The lowest BCUT2D eigenvalue weighted by atomic mass is 9.68. The van der Waals surface area contributed by atoms with Crippen molar-refractivity contribution in [2.45, 2.75) is 58.0 Å². The molecule has 5 heteroatoms. The van der Waals surface area contributed by atoms with Gasteiger partial charge < -0.3 is 9.47 Å². The molecule has 24 heavy (non-hydrogen) atoms. The molecule has 0 saturated carbocycles. The Labute approximate surface area is 142 Å². The Hall–Kier alpha value is -2.17. The zero-order valence-electron chi connectivity index (χ0n) is 14.6. The number of carbonyl (C=O) groups excluding carboxylic acids is 1. The van der Waals surface area contributed by atoms with Crippen molar-refractivity contribution >= 4 is 5.91 Å². The molecular weight excluding hydrogens is 300 g/mol. The predicted molar refractivity (Wildman–Crippen MR) is 91.6 cm³/mol. The van der Waals surface area contributed by atoms with E-state index in [-0.39, 0.29) is 17.2 Å². The normalized spacial score (nSPS) is 22.0. The van der Waals surface area contributed by atoms with Gasteiger partial charge in [-0.3, -0.25) is 4.79 Å². The van der Waals surface area contributed by atoms with Crippen LogP contribution in [-0.2, 0) is 23.3 Å². The van der Waals surface area contributed by atoms with Crippen LogP contribution in [0.4, 0.5) is 0 Å². The van der Waals surface area contributed by atoms with Gasteiger partial charge in [-0.25, -0.2) is 0 Å². The van der Waals surface area contributed by atoms with E-state index in [9.17, 15) is 4.79 Å². The molecule has 126 valence electrons. The van der Waals surface area contributed by atoms with Gasteiger partial charge in [-0.15, -0.1) is 10.2 Å². The Kier molecular flexibility index (Phi) is 3.48. The lowest BCUT2D eigenvalue weighted by Crippen LogP contribution is -2.43. The number of carbonyl (C=O) groups is 1. The number of hydrogen-bond donors (Lipinski definition) is 0. The zero-order chi connectivity index (χ0) is 16.9. The Balaban J connectivity index is 1.62. The largest absolute Gasteiger partial charge is 0.333 e. The van der Waals surface area contributed by atoms with Crippen LogP contribution in [0.1, 0.15) is 55.4 Å². The van der Waals surface area contributed by atoms with Gasteiger partial charge in [0, 0.05) is 13.1 Å². The summed E-state index contributed by atoms with van der Waals surface area (Å²) in [6.45, 7) is 8.62. The second-order valence-corrected chi connectivity index (χ2v) is 7.64. The molecule has 2 aliphatic rings. The number of hydrogen-bond acceptors (Lipinski definition) is 3. The topological polar surface area (TPSA) is 51.0 Å². The molecule has 0 bridgehead atoms. The highest BCUT2D eigenvalue weighted by Gasteiger charge is 2.38. The minimum Gasteiger partial charge on any atom is -0.333 e. The third-order valence-corrected chi connectivity index (χ3v) is 5.67. The van der Waals surface area contributed by atoms with E-state index in [1.165, 1.54) is 11.1 Å². The highest BCUT2D eigenvalue weighted by Crippen LogP contribution is 2.43. The van der Waals surface area contributed by atoms with Crippen LogP contribution < -0.4 is 0 Å². The molecule has 0 fully saturated rings. The van der Waals surface area contributed by atoms with Crippen LogP contribution >= 0.6 is 0 Å². The summed E-state index contributed by atoms with van der Waals surface area (Å²) in [5, 5.41) is 8.36. The van der Waals surface area contributed by atoms with Crippen molar-refractivity contribution in [3.63, 3.8) is 0 Å². The van der Waals surface area contributed by atoms with Gasteiger partial charge in [-0.2, -0.15) is 0 Å². The summed E-state index contributed by atoms with van der Waals surface area (Å²) in [5.74, 6) is 2.05. The Morgan fingerprint density at radius 1 is 1.21 bits per heavy atom. The number of amides is 1. The molecule has 1 atom stereocenters. The summed E-state index contributed by atoms with van der Waals surface area (Å²) < 4.78 is 2.11. The van der Waals surface area contributed by atoms with E-state index in [0.717, 1.165) is 37.6 Å². The molecule has 1 aromatic heterocycles. The maximum atomic E-state index is 13.2. The summed E-state index contributed by atoms with van der Waals surface area (Å²) in [7, 11) is 0. The molecule has 1 aromatic carbocycles. The Morgan fingerprint density at radius 3 is 2.83 bits per heavy atom. The fraction of sp³-hybridized carbons (Fsp3) is 0.526. The van der Waals surface area contributed by atoms with Gasteiger partial charge >= 0.3 is 0 Å². The Morgan fingerprint density at radius 2 is 2.00 bits per heavy atom. The molecule has 1 amide bonds. The molecule has 5 nitrogen and oxygen atoms in total. The molecule has 0 saturated heterocycles. The van der Waals surface area contributed by atoms with E-state index in [1.54, 1.807) is 0 Å². The van der Waals surface area contributed by atoms with E-state index >= 15 is 0 Å². The molecule has 0 radical (unpaired) electrons. The first kappa shape index (κ1) is 15.4. The fourth-order valence-electron chi connectivity index (χ4n) is 4.18. The van der Waals surface area contributed by atoms with Gasteiger partial charge in [0.05, 0.1) is 12.5 Å². The maximum Gasteiger partial charge on any atom is 0.230 e. The summed E-state index contributed by atoms with van der Waals surface area (Å²) in [5.41, 5.74) is 2.68. The molecule has 0 N–H and O–H groups in total. The minimum absolute atomic E-state index is 0.0233. The highest BCUT2D eigenvalue weighted by atomic mass is 16.2. The zero-order valence-corrected chi connectivity index (χ0v) is 14.6. The third-order valence-electron chi connectivity index (χ3n) is 5.67. The summed E-state index contributed by atoms with van der Waals surface area (Å²) in [6.07, 6.45) is 1.97. The maximum absolute atomic E-state index is 13.2. The average Bonchev–Trinajstić information content (AvgIpc) is 2.95. The summed E-state index contributed by atoms with van der Waals surface area (Å²) in [4.78, 5) is 15.2. The third kappa shape index (κ3) is 2.34. The van der Waals surface area contributed by atoms with Crippen LogP contribution in [0.3, 0.4) is 0 Å². The van der Waals surface area contributed by atoms with Gasteiger partial charge in [-0.1, -0.05) is 38.1 Å². The average molecular weight is 324 g/mol. The van der Waals surface area contributed by atoms with E-state index in [1.807, 2.05) is 11.8 Å². The van der Waals surface area contributed by atoms with E-state index < -0.39 is 0 Å². The van der Waals surface area contributed by atoms with Crippen LogP contribution in [0.15, 0.2) is 24.3 Å². The quantitative estimate of drug-likeness (QED) is 0.810. The first-order chi connectivity index (χ1) is 11.5. The van der Waals surface area contributed by atoms with Crippen LogP contribution in [-0.4, -0.2) is 32.1 Å². The van der Waals surface area contributed by atoms with E-state index in [0.29, 0.717) is 6.54 Å². The van der Waals surface area contributed by atoms with Crippen LogP contribution in [0.5, 0.6) is 0 Å². The number of rotatable bonds is 1. The van der Waals surface area contributed by atoms with Crippen molar-refractivity contribution in [2.24, 2.45) is 0 Å². The van der Waals surface area contributed by atoms with Crippen molar-refractivity contribution in [3.8, 4) is 0 Å². The molecule has 2 aromatic rings. The lowest BCUT2D eigenvalue weighted by molar-refractivity contribution is -0.134. The van der Waals surface area contributed by atoms with Gasteiger partial charge in [-0.05, 0) is 36.3 Å². The number of fused-ring (bicyclic) bond motifs is 2. The van der Waals surface area contributed by atoms with Gasteiger partial charge in [0.1, 0.15) is 5.82 Å². The lowest BCUT2D eigenvalue weighted by Gasteiger charge is -2.39. The number of benzene rings is 1. The monoisotopic (exact) mass is 324 g/mol. The number of nitrogens with zero attached hydrogens (tertiary/aromatic N) is 4. The first-order valence-electron chi connectivity index (χ1n) is 8.74. The van der Waals surface area contributed by atoms with Crippen LogP contribution in [0.2, 0.25) is 0 Å². The van der Waals surface area contributed by atoms with Crippen molar-refractivity contribution < 1.29 is 4.79 Å². The van der Waals surface area contributed by atoms with Crippen molar-refractivity contribution in [1.29, 1.82) is 0 Å². The smallest absolute Gasteiger partial charge is 0.230 e. The first-order valence-corrected chi connectivity index (χ1v) is 8.74. The molecule has 4 rings (SSSR count). The molecule has 1 aliphatic heterocycles. The van der Waals surface area contributed by atoms with Gasteiger partial charge in [0.2, 0.25) is 5.91 Å². The minimum atomic E-state index is -0.0233. The molecule has 1 aliphatic carbocycles. The molecule has 2 heterocycles. The number of aryl methyl sites for hydroxylation is 1. The van der Waals surface area contributed by atoms with E-state index in [4.69, 9.17) is 0 Å². The van der Waals surface area contributed by atoms with Crippen molar-refractivity contribution in [1.82, 2.24) is 19.7 Å². The highest BCUT2D eigenvalue weighted by molar-refractivity contribution is 5.84. The van der Waals surface area contributed by atoms with E-state index in [2.05, 4.69) is 52.9 Å².